The second-order valence-electron chi connectivity index (χ2n) is 4.01. The molecule has 0 saturated heterocycles. The first-order valence-corrected chi connectivity index (χ1v) is 5.26. The van der Waals surface area contributed by atoms with Crippen LogP contribution in [0.2, 0.25) is 0 Å². The summed E-state index contributed by atoms with van der Waals surface area (Å²) >= 11 is 0. The van der Waals surface area contributed by atoms with Crippen LogP contribution in [0, 0.1) is 0 Å². The van der Waals surface area contributed by atoms with Gasteiger partial charge >= 0.3 is 11.9 Å². The van der Waals surface area contributed by atoms with Crippen LogP contribution in [-0.2, 0) is 4.79 Å². The SMILES string of the molecule is CN(CC(=O)O)c1ccc2[nH]c(C(=O)O)cc2c1. The van der Waals surface area contributed by atoms with Crippen molar-refractivity contribution in [1.29, 1.82) is 0 Å². The first-order valence-electron chi connectivity index (χ1n) is 5.26. The molecule has 0 unspecified atom stereocenters. The Bertz CT molecular complexity index is 618. The van der Waals surface area contributed by atoms with Crippen molar-refractivity contribution in [3.63, 3.8) is 0 Å². The van der Waals surface area contributed by atoms with Crippen molar-refractivity contribution in [2.45, 2.75) is 0 Å². The molecule has 0 radical (unpaired) electrons. The van der Waals surface area contributed by atoms with Gasteiger partial charge in [-0.25, -0.2) is 4.79 Å². The van der Waals surface area contributed by atoms with E-state index in [4.69, 9.17) is 10.2 Å². The Morgan fingerprint density at radius 1 is 1.28 bits per heavy atom. The van der Waals surface area contributed by atoms with Crippen molar-refractivity contribution in [3.8, 4) is 0 Å². The van der Waals surface area contributed by atoms with Gasteiger partial charge in [0.25, 0.3) is 0 Å². The molecule has 0 aliphatic carbocycles. The molecule has 1 heterocycles. The van der Waals surface area contributed by atoms with Crippen molar-refractivity contribution in [1.82, 2.24) is 4.98 Å². The summed E-state index contributed by atoms with van der Waals surface area (Å²) in [6, 6.07) is 6.75. The standard InChI is InChI=1S/C12H12N2O4/c1-14(6-11(15)16)8-2-3-9-7(4-8)5-10(13-9)12(17)18/h2-5,13H,6H2,1H3,(H,15,16)(H,17,18). The predicted octanol–water partition coefficient (Wildman–Crippen LogP) is 1.39. The summed E-state index contributed by atoms with van der Waals surface area (Å²) in [6.07, 6.45) is 0. The number of likely N-dealkylation sites (N-methyl/N-ethyl adjacent to an activating group) is 1. The number of carboxylic acid groups (broad SMARTS) is 2. The third kappa shape index (κ3) is 2.27. The summed E-state index contributed by atoms with van der Waals surface area (Å²) in [4.78, 5) is 25.8. The number of aliphatic carboxylic acids is 1. The second-order valence-corrected chi connectivity index (χ2v) is 4.01. The van der Waals surface area contributed by atoms with Crippen LogP contribution in [0.3, 0.4) is 0 Å². The van der Waals surface area contributed by atoms with Gasteiger partial charge in [0.2, 0.25) is 0 Å². The van der Waals surface area contributed by atoms with E-state index in [0.717, 1.165) is 11.1 Å². The molecule has 18 heavy (non-hydrogen) atoms. The molecule has 0 atom stereocenters. The maximum Gasteiger partial charge on any atom is 0.352 e. The van der Waals surface area contributed by atoms with E-state index in [9.17, 15) is 9.59 Å². The van der Waals surface area contributed by atoms with Gasteiger partial charge in [-0.15, -0.1) is 0 Å². The Balaban J connectivity index is 2.37. The van der Waals surface area contributed by atoms with E-state index < -0.39 is 11.9 Å². The van der Waals surface area contributed by atoms with Gasteiger partial charge < -0.3 is 20.1 Å². The summed E-state index contributed by atoms with van der Waals surface area (Å²) < 4.78 is 0. The minimum Gasteiger partial charge on any atom is -0.480 e. The van der Waals surface area contributed by atoms with E-state index >= 15 is 0 Å². The fourth-order valence-corrected chi connectivity index (χ4v) is 1.77. The van der Waals surface area contributed by atoms with Crippen LogP contribution in [0.5, 0.6) is 0 Å². The molecule has 94 valence electrons. The number of hydrogen-bond acceptors (Lipinski definition) is 3. The minimum atomic E-state index is -1.02. The van der Waals surface area contributed by atoms with E-state index in [-0.39, 0.29) is 12.2 Å². The molecule has 0 amide bonds. The summed E-state index contributed by atoms with van der Waals surface area (Å²) in [5.74, 6) is -1.94. The summed E-state index contributed by atoms with van der Waals surface area (Å²) in [7, 11) is 1.67. The number of H-pyrrole nitrogens is 1. The fraction of sp³-hybridized carbons (Fsp3) is 0.167. The Labute approximate surface area is 102 Å². The van der Waals surface area contributed by atoms with Gasteiger partial charge in [-0.3, -0.25) is 4.79 Å². The number of aromatic carboxylic acids is 1. The summed E-state index contributed by atoms with van der Waals surface area (Å²) in [6.45, 7) is -0.109. The van der Waals surface area contributed by atoms with E-state index in [0.29, 0.717) is 5.52 Å². The summed E-state index contributed by atoms with van der Waals surface area (Å²) in [5.41, 5.74) is 1.55. The number of aromatic nitrogens is 1. The minimum absolute atomic E-state index is 0.109. The molecule has 3 N–H and O–H groups in total. The molecule has 0 aliphatic rings. The molecular weight excluding hydrogens is 236 g/mol. The molecule has 0 aliphatic heterocycles. The molecule has 0 saturated carbocycles. The number of rotatable bonds is 4. The highest BCUT2D eigenvalue weighted by Crippen LogP contribution is 2.22. The number of aromatic amines is 1. The Kier molecular flexibility index (Phi) is 2.93. The highest BCUT2D eigenvalue weighted by molar-refractivity contribution is 5.95. The van der Waals surface area contributed by atoms with Crippen molar-refractivity contribution >= 4 is 28.5 Å². The Morgan fingerprint density at radius 2 is 2.00 bits per heavy atom. The largest absolute Gasteiger partial charge is 0.480 e. The lowest BCUT2D eigenvalue weighted by Crippen LogP contribution is -2.24. The normalized spacial score (nSPS) is 10.5. The van der Waals surface area contributed by atoms with Crippen LogP contribution in [-0.4, -0.2) is 40.7 Å². The zero-order valence-electron chi connectivity index (χ0n) is 9.67. The molecule has 1 aromatic carbocycles. The highest BCUT2D eigenvalue weighted by Gasteiger charge is 2.10. The predicted molar refractivity (Wildman–Crippen MR) is 66.2 cm³/mol. The Morgan fingerprint density at radius 3 is 2.61 bits per heavy atom. The molecular formula is C12H12N2O4. The second kappa shape index (κ2) is 4.40. The summed E-state index contributed by atoms with van der Waals surface area (Å²) in [5, 5.41) is 18.3. The van der Waals surface area contributed by atoms with Crippen molar-refractivity contribution in [3.05, 3.63) is 30.0 Å². The van der Waals surface area contributed by atoms with Gasteiger partial charge in [0.1, 0.15) is 12.2 Å². The molecule has 2 aromatic rings. The molecule has 1 aromatic heterocycles. The van der Waals surface area contributed by atoms with E-state index in [1.165, 1.54) is 6.07 Å². The van der Waals surface area contributed by atoms with Gasteiger partial charge in [0, 0.05) is 23.6 Å². The quantitative estimate of drug-likeness (QED) is 0.760. The van der Waals surface area contributed by atoms with Crippen molar-refractivity contribution in [2.24, 2.45) is 0 Å². The van der Waals surface area contributed by atoms with Crippen molar-refractivity contribution < 1.29 is 19.8 Å². The molecule has 6 nitrogen and oxygen atoms in total. The average Bonchev–Trinajstić information content (AvgIpc) is 2.70. The molecule has 6 heteroatoms. The van der Waals surface area contributed by atoms with E-state index in [1.54, 1.807) is 30.1 Å². The zero-order chi connectivity index (χ0) is 13.3. The van der Waals surface area contributed by atoms with Gasteiger partial charge in [-0.1, -0.05) is 0 Å². The van der Waals surface area contributed by atoms with Gasteiger partial charge in [-0.2, -0.15) is 0 Å². The molecule has 2 rings (SSSR count). The first-order chi connectivity index (χ1) is 8.47. The molecule has 0 spiro atoms. The van der Waals surface area contributed by atoms with E-state index in [1.807, 2.05) is 0 Å². The van der Waals surface area contributed by atoms with E-state index in [2.05, 4.69) is 4.98 Å². The van der Waals surface area contributed by atoms with Crippen LogP contribution >= 0.6 is 0 Å². The van der Waals surface area contributed by atoms with Crippen molar-refractivity contribution in [2.75, 3.05) is 18.5 Å². The number of nitrogens with one attached hydrogen (secondary N) is 1. The Hall–Kier alpha value is -2.50. The zero-order valence-corrected chi connectivity index (χ0v) is 9.67. The molecule has 0 bridgehead atoms. The van der Waals surface area contributed by atoms with Crippen LogP contribution in [0.25, 0.3) is 10.9 Å². The third-order valence-electron chi connectivity index (χ3n) is 2.65. The number of benzene rings is 1. The number of carboxylic acids is 2. The monoisotopic (exact) mass is 248 g/mol. The maximum absolute atomic E-state index is 10.8. The lowest BCUT2D eigenvalue weighted by Gasteiger charge is -2.16. The number of anilines is 1. The van der Waals surface area contributed by atoms with Crippen LogP contribution in [0.1, 0.15) is 10.5 Å². The highest BCUT2D eigenvalue weighted by atomic mass is 16.4. The molecule has 0 fully saturated rings. The smallest absolute Gasteiger partial charge is 0.352 e. The number of carbonyl (C=O) groups is 2. The van der Waals surface area contributed by atoms with Crippen LogP contribution in [0.15, 0.2) is 24.3 Å². The fourth-order valence-electron chi connectivity index (χ4n) is 1.77. The van der Waals surface area contributed by atoms with Crippen LogP contribution in [0.4, 0.5) is 5.69 Å². The van der Waals surface area contributed by atoms with Gasteiger partial charge in [0.05, 0.1) is 0 Å². The lowest BCUT2D eigenvalue weighted by molar-refractivity contribution is -0.135. The number of nitrogens with zero attached hydrogens (tertiary/aromatic N) is 1. The van der Waals surface area contributed by atoms with Gasteiger partial charge in [-0.05, 0) is 24.3 Å². The number of hydrogen-bond donors (Lipinski definition) is 3. The first kappa shape index (κ1) is 12.0. The topological polar surface area (TPSA) is 93.6 Å². The lowest BCUT2D eigenvalue weighted by atomic mass is 10.2. The van der Waals surface area contributed by atoms with Crippen LogP contribution < -0.4 is 4.90 Å². The van der Waals surface area contributed by atoms with Gasteiger partial charge in [0.15, 0.2) is 0 Å². The third-order valence-corrected chi connectivity index (χ3v) is 2.65. The average molecular weight is 248 g/mol. The number of fused-ring (bicyclic) bond motifs is 1. The maximum atomic E-state index is 10.8.